The van der Waals surface area contributed by atoms with Gasteiger partial charge in [-0.15, -0.1) is 0 Å². The molecule has 1 N–H and O–H groups in total. The zero-order valence-electron chi connectivity index (χ0n) is 14.3. The molecule has 1 heterocycles. The average molecular weight is 354 g/mol. The summed E-state index contributed by atoms with van der Waals surface area (Å²) in [6.45, 7) is 5.92. The molecule has 0 saturated heterocycles. The van der Waals surface area contributed by atoms with Crippen LogP contribution in [0.15, 0.2) is 53.6 Å². The molecule has 0 radical (unpaired) electrons. The van der Waals surface area contributed by atoms with E-state index in [0.29, 0.717) is 5.69 Å². The van der Waals surface area contributed by atoms with Gasteiger partial charge >= 0.3 is 0 Å². The first-order chi connectivity index (χ1) is 11.9. The number of amides is 1. The number of thioether (sulfide) groups is 1. The molecule has 0 saturated carbocycles. The molecule has 1 aromatic heterocycles. The van der Waals surface area contributed by atoms with E-state index < -0.39 is 0 Å². The van der Waals surface area contributed by atoms with Crippen molar-refractivity contribution in [2.75, 3.05) is 5.32 Å². The van der Waals surface area contributed by atoms with Crippen LogP contribution in [-0.4, -0.2) is 16.1 Å². The van der Waals surface area contributed by atoms with Gasteiger partial charge in [0.1, 0.15) is 5.82 Å². The first-order valence-electron chi connectivity index (χ1n) is 8.04. The number of halogens is 1. The second kappa shape index (κ2) is 7.23. The third-order valence-electron chi connectivity index (χ3n) is 4.00. The van der Waals surface area contributed by atoms with E-state index in [1.54, 1.807) is 12.1 Å². The van der Waals surface area contributed by atoms with Crippen molar-refractivity contribution in [3.8, 4) is 0 Å². The van der Waals surface area contributed by atoms with Crippen molar-refractivity contribution in [2.24, 2.45) is 0 Å². The van der Waals surface area contributed by atoms with Crippen molar-refractivity contribution in [1.29, 1.82) is 0 Å². The van der Waals surface area contributed by atoms with Crippen molar-refractivity contribution in [3.63, 3.8) is 0 Å². The Morgan fingerprint density at radius 2 is 1.84 bits per heavy atom. The fourth-order valence-corrected chi connectivity index (χ4v) is 3.52. The number of aryl methyl sites for hydroxylation is 2. The van der Waals surface area contributed by atoms with E-state index in [2.05, 4.69) is 18.3 Å². The number of carbonyl (C=O) groups excluding carboxylic acids is 1. The van der Waals surface area contributed by atoms with E-state index >= 15 is 0 Å². The maximum Gasteiger partial charge on any atom is 0.237 e. The summed E-state index contributed by atoms with van der Waals surface area (Å²) >= 11 is 1.41. The Kier molecular flexibility index (Phi) is 5.04. The minimum atomic E-state index is -0.327. The number of fused-ring (bicyclic) bond motifs is 1. The standard InChI is InChI=1S/C20H19FN2OS/c1-12-5-4-6-17-13(2)11-18(23-19(12)17)25-14(3)20(24)22-16-9-7-15(21)8-10-16/h4-11,14H,1-3H3,(H,22,24)/t14-/m1/s1. The minimum Gasteiger partial charge on any atom is -0.325 e. The van der Waals surface area contributed by atoms with Crippen LogP contribution in [0.1, 0.15) is 18.1 Å². The zero-order chi connectivity index (χ0) is 18.0. The summed E-state index contributed by atoms with van der Waals surface area (Å²) in [5.74, 6) is -0.465. The molecular formula is C20H19FN2OS. The third kappa shape index (κ3) is 3.99. The van der Waals surface area contributed by atoms with Gasteiger partial charge in [-0.2, -0.15) is 0 Å². The van der Waals surface area contributed by atoms with Crippen LogP contribution in [0.5, 0.6) is 0 Å². The van der Waals surface area contributed by atoms with Gasteiger partial charge in [0.15, 0.2) is 0 Å². The average Bonchev–Trinajstić information content (AvgIpc) is 2.58. The number of para-hydroxylation sites is 1. The number of nitrogens with one attached hydrogen (secondary N) is 1. The maximum absolute atomic E-state index is 12.9. The quantitative estimate of drug-likeness (QED) is 0.662. The third-order valence-corrected chi connectivity index (χ3v) is 5.02. The molecule has 0 aliphatic carbocycles. The van der Waals surface area contributed by atoms with E-state index in [9.17, 15) is 9.18 Å². The van der Waals surface area contributed by atoms with Crippen molar-refractivity contribution in [1.82, 2.24) is 4.98 Å². The van der Waals surface area contributed by atoms with Crippen molar-refractivity contribution < 1.29 is 9.18 Å². The molecule has 0 fully saturated rings. The number of nitrogens with zero attached hydrogens (tertiary/aromatic N) is 1. The summed E-state index contributed by atoms with van der Waals surface area (Å²) < 4.78 is 12.9. The Morgan fingerprint density at radius 1 is 1.12 bits per heavy atom. The lowest BCUT2D eigenvalue weighted by Crippen LogP contribution is -2.22. The van der Waals surface area contributed by atoms with Crippen LogP contribution >= 0.6 is 11.8 Å². The topological polar surface area (TPSA) is 42.0 Å². The highest BCUT2D eigenvalue weighted by Crippen LogP contribution is 2.28. The van der Waals surface area contributed by atoms with Crippen molar-refractivity contribution in [3.05, 3.63) is 65.5 Å². The van der Waals surface area contributed by atoms with Gasteiger partial charge in [0.05, 0.1) is 15.8 Å². The first kappa shape index (κ1) is 17.4. The van der Waals surface area contributed by atoms with E-state index in [1.165, 1.54) is 23.9 Å². The van der Waals surface area contributed by atoms with E-state index in [-0.39, 0.29) is 17.0 Å². The summed E-state index contributed by atoms with van der Waals surface area (Å²) in [5.41, 5.74) is 3.81. The molecule has 128 valence electrons. The normalized spacial score (nSPS) is 12.2. The fourth-order valence-electron chi connectivity index (χ4n) is 2.60. The molecule has 5 heteroatoms. The molecule has 1 atom stereocenters. The Labute approximate surface area is 150 Å². The first-order valence-corrected chi connectivity index (χ1v) is 8.92. The molecular weight excluding hydrogens is 335 g/mol. The number of carbonyl (C=O) groups is 1. The lowest BCUT2D eigenvalue weighted by Gasteiger charge is -2.13. The molecule has 2 aromatic carbocycles. The lowest BCUT2D eigenvalue weighted by molar-refractivity contribution is -0.115. The number of hydrogen-bond acceptors (Lipinski definition) is 3. The highest BCUT2D eigenvalue weighted by atomic mass is 32.2. The van der Waals surface area contributed by atoms with Gasteiger partial charge in [-0.1, -0.05) is 30.0 Å². The molecule has 0 bridgehead atoms. The number of rotatable bonds is 4. The van der Waals surface area contributed by atoms with Gasteiger partial charge in [0.25, 0.3) is 0 Å². The maximum atomic E-state index is 12.9. The monoisotopic (exact) mass is 354 g/mol. The molecule has 1 amide bonds. The molecule has 3 rings (SSSR count). The van der Waals surface area contributed by atoms with Gasteiger partial charge in [0, 0.05) is 11.1 Å². The number of pyridine rings is 1. The Bertz CT molecular complexity index is 925. The molecule has 3 nitrogen and oxygen atoms in total. The van der Waals surface area contributed by atoms with Gasteiger partial charge < -0.3 is 5.32 Å². The predicted octanol–water partition coefficient (Wildman–Crippen LogP) is 5.11. The zero-order valence-corrected chi connectivity index (χ0v) is 15.2. The Morgan fingerprint density at radius 3 is 2.56 bits per heavy atom. The highest BCUT2D eigenvalue weighted by Gasteiger charge is 2.16. The van der Waals surface area contributed by atoms with E-state index in [4.69, 9.17) is 4.98 Å². The number of aromatic nitrogens is 1. The smallest absolute Gasteiger partial charge is 0.237 e. The number of benzene rings is 2. The molecule has 0 unspecified atom stereocenters. The number of hydrogen-bond donors (Lipinski definition) is 1. The second-order valence-corrected chi connectivity index (χ2v) is 7.37. The Hall–Kier alpha value is -2.40. The van der Waals surface area contributed by atoms with Crippen molar-refractivity contribution in [2.45, 2.75) is 31.0 Å². The minimum absolute atomic E-state index is 0.138. The molecule has 3 aromatic rings. The van der Waals surface area contributed by atoms with Crippen LogP contribution in [0.25, 0.3) is 10.9 Å². The Balaban J connectivity index is 1.77. The fraction of sp³-hybridized carbons (Fsp3) is 0.200. The van der Waals surface area contributed by atoms with Crippen molar-refractivity contribution >= 4 is 34.3 Å². The van der Waals surface area contributed by atoms with Crippen LogP contribution < -0.4 is 5.32 Å². The summed E-state index contributed by atoms with van der Waals surface area (Å²) in [5, 5.41) is 4.43. The van der Waals surface area contributed by atoms with Gasteiger partial charge in [-0.25, -0.2) is 9.37 Å². The van der Waals surface area contributed by atoms with Crippen LogP contribution in [0.4, 0.5) is 10.1 Å². The van der Waals surface area contributed by atoms with Gasteiger partial charge in [0.2, 0.25) is 5.91 Å². The van der Waals surface area contributed by atoms with Gasteiger partial charge in [-0.3, -0.25) is 4.79 Å². The SMILES string of the molecule is Cc1cc(S[C@H](C)C(=O)Nc2ccc(F)cc2)nc2c(C)cccc12. The molecule has 0 aliphatic rings. The van der Waals surface area contributed by atoms with Crippen LogP contribution in [-0.2, 0) is 4.79 Å². The van der Waals surface area contributed by atoms with Crippen LogP contribution in [0.3, 0.4) is 0 Å². The number of anilines is 1. The van der Waals surface area contributed by atoms with Crippen LogP contribution in [0.2, 0.25) is 0 Å². The van der Waals surface area contributed by atoms with Crippen LogP contribution in [0, 0.1) is 19.7 Å². The van der Waals surface area contributed by atoms with E-state index in [1.807, 2.05) is 32.0 Å². The summed E-state index contributed by atoms with van der Waals surface area (Å²) in [6.07, 6.45) is 0. The molecule has 0 aliphatic heterocycles. The second-order valence-electron chi connectivity index (χ2n) is 6.00. The largest absolute Gasteiger partial charge is 0.325 e. The highest BCUT2D eigenvalue weighted by molar-refractivity contribution is 8.00. The molecule has 25 heavy (non-hydrogen) atoms. The summed E-state index contributed by atoms with van der Waals surface area (Å²) in [4.78, 5) is 17.1. The summed E-state index contributed by atoms with van der Waals surface area (Å²) in [6, 6.07) is 13.9. The van der Waals surface area contributed by atoms with E-state index in [0.717, 1.165) is 27.1 Å². The lowest BCUT2D eigenvalue weighted by atomic mass is 10.1. The summed E-state index contributed by atoms with van der Waals surface area (Å²) in [7, 11) is 0. The predicted molar refractivity (Wildman–Crippen MR) is 102 cm³/mol. The molecule has 0 spiro atoms. The van der Waals surface area contributed by atoms with Gasteiger partial charge in [-0.05, 0) is 62.2 Å².